The van der Waals surface area contributed by atoms with Crippen molar-refractivity contribution in [1.29, 1.82) is 5.26 Å². The van der Waals surface area contributed by atoms with E-state index in [2.05, 4.69) is 45.0 Å². The Balaban J connectivity index is 2.55. The standard InChI is InChI=1S/C15H21NO/c1-15(2,3)13-7-4-12(5-8-13)6-9-14(17)10-11-16/h4-5,7-8,14,17H,6,9-10H2,1-3H3. The van der Waals surface area contributed by atoms with Crippen molar-refractivity contribution in [3.8, 4) is 6.07 Å². The lowest BCUT2D eigenvalue weighted by Gasteiger charge is -2.19. The van der Waals surface area contributed by atoms with Crippen LogP contribution in [0, 0.1) is 11.3 Å². The van der Waals surface area contributed by atoms with Crippen molar-refractivity contribution in [2.75, 3.05) is 0 Å². The van der Waals surface area contributed by atoms with E-state index in [0.717, 1.165) is 6.42 Å². The summed E-state index contributed by atoms with van der Waals surface area (Å²) in [5.41, 5.74) is 2.72. The highest BCUT2D eigenvalue weighted by Gasteiger charge is 2.12. The van der Waals surface area contributed by atoms with Crippen LogP contribution in [0.3, 0.4) is 0 Å². The zero-order chi connectivity index (χ0) is 12.9. The van der Waals surface area contributed by atoms with Crippen LogP contribution in [0.15, 0.2) is 24.3 Å². The zero-order valence-electron chi connectivity index (χ0n) is 10.9. The van der Waals surface area contributed by atoms with Crippen LogP contribution in [0.4, 0.5) is 0 Å². The first-order valence-corrected chi connectivity index (χ1v) is 6.08. The number of benzene rings is 1. The number of nitrogens with zero attached hydrogens (tertiary/aromatic N) is 1. The minimum absolute atomic E-state index is 0.179. The number of aryl methyl sites for hydroxylation is 1. The number of nitriles is 1. The lowest BCUT2D eigenvalue weighted by atomic mass is 9.86. The first kappa shape index (κ1) is 13.7. The minimum atomic E-state index is -0.498. The molecule has 0 aliphatic rings. The summed E-state index contributed by atoms with van der Waals surface area (Å²) in [6.45, 7) is 6.58. The molecule has 0 radical (unpaired) electrons. The second-order valence-corrected chi connectivity index (χ2v) is 5.50. The summed E-state index contributed by atoms with van der Waals surface area (Å²) in [7, 11) is 0. The number of aliphatic hydroxyl groups excluding tert-OH is 1. The Bertz CT molecular complexity index is 381. The Hall–Kier alpha value is -1.33. The predicted molar refractivity (Wildman–Crippen MR) is 69.7 cm³/mol. The fourth-order valence-corrected chi connectivity index (χ4v) is 1.71. The lowest BCUT2D eigenvalue weighted by molar-refractivity contribution is 0.170. The maximum Gasteiger partial charge on any atom is 0.0673 e. The zero-order valence-corrected chi connectivity index (χ0v) is 10.9. The molecule has 2 heteroatoms. The molecule has 1 rings (SSSR count). The third kappa shape index (κ3) is 4.58. The Morgan fingerprint density at radius 2 is 1.82 bits per heavy atom. The molecule has 1 atom stereocenters. The van der Waals surface area contributed by atoms with Crippen LogP contribution in [-0.2, 0) is 11.8 Å². The van der Waals surface area contributed by atoms with Gasteiger partial charge in [0.05, 0.1) is 18.6 Å². The Kier molecular flexibility index (Phi) is 4.72. The van der Waals surface area contributed by atoms with Gasteiger partial charge in [-0.2, -0.15) is 5.26 Å². The van der Waals surface area contributed by atoms with E-state index in [0.29, 0.717) is 6.42 Å². The van der Waals surface area contributed by atoms with Gasteiger partial charge in [0.2, 0.25) is 0 Å². The van der Waals surface area contributed by atoms with E-state index in [1.807, 2.05) is 6.07 Å². The highest BCUT2D eigenvalue weighted by atomic mass is 16.3. The van der Waals surface area contributed by atoms with Crippen LogP contribution >= 0.6 is 0 Å². The van der Waals surface area contributed by atoms with Gasteiger partial charge in [0.25, 0.3) is 0 Å². The molecule has 1 N–H and O–H groups in total. The van der Waals surface area contributed by atoms with Crippen molar-refractivity contribution in [3.63, 3.8) is 0 Å². The van der Waals surface area contributed by atoms with Gasteiger partial charge in [-0.1, -0.05) is 45.0 Å². The van der Waals surface area contributed by atoms with Crippen molar-refractivity contribution in [3.05, 3.63) is 35.4 Å². The van der Waals surface area contributed by atoms with Gasteiger partial charge in [-0.15, -0.1) is 0 Å². The van der Waals surface area contributed by atoms with Crippen LogP contribution in [0.1, 0.15) is 44.7 Å². The van der Waals surface area contributed by atoms with E-state index in [1.54, 1.807) is 0 Å². The first-order chi connectivity index (χ1) is 7.93. The highest BCUT2D eigenvalue weighted by molar-refractivity contribution is 5.27. The van der Waals surface area contributed by atoms with Crippen LogP contribution < -0.4 is 0 Å². The van der Waals surface area contributed by atoms with E-state index in [9.17, 15) is 5.11 Å². The van der Waals surface area contributed by atoms with Gasteiger partial charge >= 0.3 is 0 Å². The SMILES string of the molecule is CC(C)(C)c1ccc(CCC(O)CC#N)cc1. The second kappa shape index (κ2) is 5.84. The molecule has 0 bridgehead atoms. The molecule has 2 nitrogen and oxygen atoms in total. The molecule has 0 aliphatic heterocycles. The van der Waals surface area contributed by atoms with Crippen molar-refractivity contribution in [2.45, 2.75) is 51.6 Å². The maximum atomic E-state index is 9.47. The molecule has 1 aromatic rings. The number of rotatable bonds is 4. The summed E-state index contributed by atoms with van der Waals surface area (Å²) < 4.78 is 0. The van der Waals surface area contributed by atoms with Gasteiger partial charge in [0, 0.05) is 0 Å². The van der Waals surface area contributed by atoms with Gasteiger partial charge in [-0.25, -0.2) is 0 Å². The maximum absolute atomic E-state index is 9.47. The smallest absolute Gasteiger partial charge is 0.0673 e. The van der Waals surface area contributed by atoms with Crippen LogP contribution in [0.25, 0.3) is 0 Å². The topological polar surface area (TPSA) is 44.0 Å². The average Bonchev–Trinajstić information content (AvgIpc) is 2.26. The molecule has 1 aromatic carbocycles. The van der Waals surface area contributed by atoms with Gasteiger partial charge in [0.15, 0.2) is 0 Å². The monoisotopic (exact) mass is 231 g/mol. The molecule has 0 heterocycles. The number of hydrogen-bond acceptors (Lipinski definition) is 2. The fourth-order valence-electron chi connectivity index (χ4n) is 1.71. The summed E-state index contributed by atoms with van der Waals surface area (Å²) in [5, 5.41) is 17.9. The summed E-state index contributed by atoms with van der Waals surface area (Å²) in [6, 6.07) is 10.5. The molecular weight excluding hydrogens is 210 g/mol. The molecule has 1 unspecified atom stereocenters. The summed E-state index contributed by atoms with van der Waals surface area (Å²) >= 11 is 0. The van der Waals surface area contributed by atoms with Gasteiger partial charge < -0.3 is 5.11 Å². The quantitative estimate of drug-likeness (QED) is 0.864. The van der Waals surface area contributed by atoms with E-state index in [4.69, 9.17) is 5.26 Å². The van der Waals surface area contributed by atoms with Gasteiger partial charge in [-0.05, 0) is 29.4 Å². The molecule has 0 amide bonds. The van der Waals surface area contributed by atoms with Crippen LogP contribution in [-0.4, -0.2) is 11.2 Å². The number of aliphatic hydroxyl groups is 1. The van der Waals surface area contributed by atoms with Gasteiger partial charge in [0.1, 0.15) is 0 Å². The van der Waals surface area contributed by atoms with E-state index >= 15 is 0 Å². The van der Waals surface area contributed by atoms with E-state index in [-0.39, 0.29) is 11.8 Å². The summed E-state index contributed by atoms with van der Waals surface area (Å²) in [5.74, 6) is 0. The molecule has 0 fully saturated rings. The van der Waals surface area contributed by atoms with Crippen LogP contribution in [0.5, 0.6) is 0 Å². The molecule has 0 saturated carbocycles. The first-order valence-electron chi connectivity index (χ1n) is 6.08. The summed E-state index contributed by atoms with van der Waals surface area (Å²) in [4.78, 5) is 0. The molecule has 0 saturated heterocycles. The van der Waals surface area contributed by atoms with Crippen molar-refractivity contribution in [2.24, 2.45) is 0 Å². The molecule has 0 aromatic heterocycles. The highest BCUT2D eigenvalue weighted by Crippen LogP contribution is 2.22. The van der Waals surface area contributed by atoms with Crippen LogP contribution in [0.2, 0.25) is 0 Å². The largest absolute Gasteiger partial charge is 0.392 e. The van der Waals surface area contributed by atoms with Crippen molar-refractivity contribution >= 4 is 0 Å². The van der Waals surface area contributed by atoms with E-state index < -0.39 is 6.10 Å². The third-order valence-corrected chi connectivity index (χ3v) is 2.91. The Labute approximate surface area is 104 Å². The lowest BCUT2D eigenvalue weighted by Crippen LogP contribution is -2.11. The summed E-state index contributed by atoms with van der Waals surface area (Å²) in [6.07, 6.45) is 1.21. The molecule has 17 heavy (non-hydrogen) atoms. The predicted octanol–water partition coefficient (Wildman–Crippen LogP) is 3.19. The van der Waals surface area contributed by atoms with Crippen molar-refractivity contribution < 1.29 is 5.11 Å². The van der Waals surface area contributed by atoms with Gasteiger partial charge in [-0.3, -0.25) is 0 Å². The fraction of sp³-hybridized carbons (Fsp3) is 0.533. The average molecular weight is 231 g/mol. The molecule has 92 valence electrons. The Morgan fingerprint density at radius 3 is 2.29 bits per heavy atom. The number of hydrogen-bond donors (Lipinski definition) is 1. The Morgan fingerprint density at radius 1 is 1.24 bits per heavy atom. The molecular formula is C15H21NO. The van der Waals surface area contributed by atoms with Crippen molar-refractivity contribution in [1.82, 2.24) is 0 Å². The molecule has 0 spiro atoms. The second-order valence-electron chi connectivity index (χ2n) is 5.50. The minimum Gasteiger partial charge on any atom is -0.392 e. The normalized spacial score (nSPS) is 13.1. The third-order valence-electron chi connectivity index (χ3n) is 2.91. The molecule has 0 aliphatic carbocycles. The van der Waals surface area contributed by atoms with E-state index in [1.165, 1.54) is 11.1 Å².